The maximum Gasteiger partial charge on any atom is 0.227 e. The van der Waals surface area contributed by atoms with Crippen molar-refractivity contribution < 1.29 is 14.2 Å². The summed E-state index contributed by atoms with van der Waals surface area (Å²) in [6, 6.07) is 10.7. The largest absolute Gasteiger partial charge is 0.298 e. The number of nitrogens with zero attached hydrogens (tertiary/aromatic N) is 1. The van der Waals surface area contributed by atoms with Crippen LogP contribution in [0, 0.1) is 0 Å². The van der Waals surface area contributed by atoms with Gasteiger partial charge in [0, 0.05) is 16.1 Å². The Labute approximate surface area is 113 Å². The highest BCUT2D eigenvalue weighted by Gasteiger charge is 2.12. The highest BCUT2D eigenvalue weighted by atomic mass is 79.9. The summed E-state index contributed by atoms with van der Waals surface area (Å²) in [5.41, 5.74) is 1.21. The number of carbonyl (C=O) groups is 2. The summed E-state index contributed by atoms with van der Waals surface area (Å²) >= 11 is 3.32. The maximum absolute atomic E-state index is 12.0. The van der Waals surface area contributed by atoms with Crippen molar-refractivity contribution in [3.05, 3.63) is 64.4 Å². The van der Waals surface area contributed by atoms with E-state index in [-0.39, 0.29) is 12.3 Å². The fourth-order valence-electron chi connectivity index (χ4n) is 1.60. The zero-order valence-corrected chi connectivity index (χ0v) is 11.1. The Balaban J connectivity index is 2.15. The normalized spacial score (nSPS) is 10.1. The van der Waals surface area contributed by atoms with E-state index < -0.39 is 0 Å². The van der Waals surface area contributed by atoms with Crippen LogP contribution in [-0.4, -0.2) is 12.1 Å². The average Bonchev–Trinajstić information content (AvgIpc) is 2.39. The van der Waals surface area contributed by atoms with E-state index in [1.165, 1.54) is 0 Å². The summed E-state index contributed by atoms with van der Waals surface area (Å²) in [6.45, 7) is 0.226. The third-order valence-corrected chi connectivity index (χ3v) is 3.04. The number of Topliss-reactive ketones (excluding diaryl/α,β-unsaturated/α-hetero) is 1. The second-order valence-corrected chi connectivity index (χ2v) is 4.77. The molecule has 3 nitrogen and oxygen atoms in total. The van der Waals surface area contributed by atoms with E-state index in [2.05, 4.69) is 15.9 Å². The van der Waals surface area contributed by atoms with Crippen LogP contribution in [0.15, 0.2) is 53.3 Å². The van der Waals surface area contributed by atoms with Crippen molar-refractivity contribution in [2.45, 2.75) is 6.54 Å². The Morgan fingerprint density at radius 1 is 1.22 bits per heavy atom. The highest BCUT2D eigenvalue weighted by molar-refractivity contribution is 9.10. The summed E-state index contributed by atoms with van der Waals surface area (Å²) in [7, 11) is 0. The molecule has 2 rings (SSSR count). The van der Waals surface area contributed by atoms with Crippen LogP contribution >= 0.6 is 15.9 Å². The molecule has 0 atom stereocenters. The molecule has 0 N–H and O–H groups in total. The van der Waals surface area contributed by atoms with E-state index >= 15 is 0 Å². The van der Waals surface area contributed by atoms with Crippen LogP contribution in [0.1, 0.15) is 20.7 Å². The molecule has 0 bridgehead atoms. The van der Waals surface area contributed by atoms with E-state index in [1.54, 1.807) is 41.2 Å². The van der Waals surface area contributed by atoms with Crippen LogP contribution in [0.5, 0.6) is 0 Å². The third-order valence-electron chi connectivity index (χ3n) is 2.51. The van der Waals surface area contributed by atoms with Crippen LogP contribution in [0.3, 0.4) is 0 Å². The van der Waals surface area contributed by atoms with Crippen molar-refractivity contribution in [1.82, 2.24) is 0 Å². The van der Waals surface area contributed by atoms with Crippen LogP contribution in [0.4, 0.5) is 0 Å². The Morgan fingerprint density at radius 3 is 2.61 bits per heavy atom. The number of benzene rings is 1. The number of aromatic nitrogens is 1. The van der Waals surface area contributed by atoms with Gasteiger partial charge in [0.15, 0.2) is 18.7 Å². The molecule has 0 aliphatic rings. The molecule has 1 heterocycles. The minimum absolute atomic E-state index is 0.00977. The second-order valence-electron chi connectivity index (χ2n) is 3.86. The van der Waals surface area contributed by atoms with Gasteiger partial charge in [-0.2, -0.15) is 4.57 Å². The van der Waals surface area contributed by atoms with Gasteiger partial charge in [0.05, 0.1) is 5.56 Å². The van der Waals surface area contributed by atoms with Crippen LogP contribution in [-0.2, 0) is 6.54 Å². The number of hydrogen-bond acceptors (Lipinski definition) is 2. The van der Waals surface area contributed by atoms with Gasteiger partial charge in [-0.3, -0.25) is 9.59 Å². The molecule has 0 unspecified atom stereocenters. The van der Waals surface area contributed by atoms with Gasteiger partial charge in [0.2, 0.25) is 12.3 Å². The molecule has 1 aromatic heterocycles. The first kappa shape index (κ1) is 12.6. The van der Waals surface area contributed by atoms with Gasteiger partial charge in [0.1, 0.15) is 0 Å². The van der Waals surface area contributed by atoms with Crippen molar-refractivity contribution in [2.24, 2.45) is 0 Å². The predicted octanol–water partition coefficient (Wildman–Crippen LogP) is 2.43. The molecule has 0 amide bonds. The molecule has 0 aliphatic carbocycles. The molecular formula is C14H11BrNO2+. The fourth-order valence-corrected chi connectivity index (χ4v) is 1.87. The van der Waals surface area contributed by atoms with E-state index in [1.807, 2.05) is 12.1 Å². The first-order valence-electron chi connectivity index (χ1n) is 5.42. The van der Waals surface area contributed by atoms with Gasteiger partial charge < -0.3 is 0 Å². The van der Waals surface area contributed by atoms with Crippen LogP contribution < -0.4 is 4.57 Å². The number of carbonyl (C=O) groups excluding carboxylic acids is 2. The van der Waals surface area contributed by atoms with Gasteiger partial charge in [-0.25, -0.2) is 0 Å². The minimum Gasteiger partial charge on any atom is -0.298 e. The van der Waals surface area contributed by atoms with Gasteiger partial charge in [-0.1, -0.05) is 28.1 Å². The summed E-state index contributed by atoms with van der Waals surface area (Å²) in [5.74, 6) is 0.00977. The Morgan fingerprint density at radius 2 is 1.94 bits per heavy atom. The topological polar surface area (TPSA) is 38.0 Å². The monoisotopic (exact) mass is 304 g/mol. The van der Waals surface area contributed by atoms with Crippen LogP contribution in [0.2, 0.25) is 0 Å². The van der Waals surface area contributed by atoms with Crippen molar-refractivity contribution in [3.63, 3.8) is 0 Å². The van der Waals surface area contributed by atoms with E-state index in [0.29, 0.717) is 11.1 Å². The van der Waals surface area contributed by atoms with E-state index in [4.69, 9.17) is 0 Å². The molecule has 0 saturated carbocycles. The van der Waals surface area contributed by atoms with E-state index in [9.17, 15) is 9.59 Å². The maximum atomic E-state index is 12.0. The summed E-state index contributed by atoms with van der Waals surface area (Å²) < 4.78 is 2.64. The Kier molecular flexibility index (Phi) is 3.99. The molecule has 1 aromatic carbocycles. The summed E-state index contributed by atoms with van der Waals surface area (Å²) in [5, 5.41) is 0. The summed E-state index contributed by atoms with van der Waals surface area (Å²) in [4.78, 5) is 22.6. The van der Waals surface area contributed by atoms with Gasteiger partial charge in [0.25, 0.3) is 0 Å². The zero-order chi connectivity index (χ0) is 13.0. The molecule has 90 valence electrons. The van der Waals surface area contributed by atoms with Crippen molar-refractivity contribution >= 4 is 28.0 Å². The lowest BCUT2D eigenvalue weighted by Crippen LogP contribution is -2.37. The number of rotatable bonds is 4. The van der Waals surface area contributed by atoms with Crippen LogP contribution in [0.25, 0.3) is 0 Å². The molecule has 18 heavy (non-hydrogen) atoms. The minimum atomic E-state index is 0.00977. The molecular weight excluding hydrogens is 294 g/mol. The number of hydrogen-bond donors (Lipinski definition) is 0. The van der Waals surface area contributed by atoms with Gasteiger partial charge in [-0.05, 0) is 18.2 Å². The fraction of sp³-hybridized carbons (Fsp3) is 0.0714. The number of pyridine rings is 1. The molecule has 4 heteroatoms. The molecule has 2 aromatic rings. The molecule has 0 radical (unpaired) electrons. The van der Waals surface area contributed by atoms with Crippen molar-refractivity contribution in [3.8, 4) is 0 Å². The molecule has 0 aliphatic heterocycles. The Bertz CT molecular complexity index is 579. The molecule has 0 fully saturated rings. The first-order valence-corrected chi connectivity index (χ1v) is 6.21. The molecule has 0 spiro atoms. The number of aldehydes is 1. The second kappa shape index (κ2) is 5.69. The van der Waals surface area contributed by atoms with Gasteiger partial charge in [-0.15, -0.1) is 0 Å². The lowest BCUT2D eigenvalue weighted by molar-refractivity contribution is -0.683. The summed E-state index contributed by atoms with van der Waals surface area (Å²) in [6.07, 6.45) is 4.19. The number of ketones is 1. The lowest BCUT2D eigenvalue weighted by Gasteiger charge is -1.99. The molecule has 0 saturated heterocycles. The number of halogens is 1. The zero-order valence-electron chi connectivity index (χ0n) is 9.54. The van der Waals surface area contributed by atoms with Crippen molar-refractivity contribution in [2.75, 3.05) is 0 Å². The average molecular weight is 305 g/mol. The predicted molar refractivity (Wildman–Crippen MR) is 70.5 cm³/mol. The van der Waals surface area contributed by atoms with Crippen molar-refractivity contribution in [1.29, 1.82) is 0 Å². The lowest BCUT2D eigenvalue weighted by atomic mass is 10.1. The SMILES string of the molecule is O=Cc1ccc[n+](CC(=O)c2ccc(Br)cc2)c1. The smallest absolute Gasteiger partial charge is 0.227 e. The first-order chi connectivity index (χ1) is 8.69. The highest BCUT2D eigenvalue weighted by Crippen LogP contribution is 2.10. The Hall–Kier alpha value is -1.81. The third kappa shape index (κ3) is 3.11. The quantitative estimate of drug-likeness (QED) is 0.494. The van der Waals surface area contributed by atoms with Gasteiger partial charge >= 0.3 is 0 Å². The van der Waals surface area contributed by atoms with E-state index in [0.717, 1.165) is 10.8 Å². The standard InChI is InChI=1S/C14H11BrNO2/c15-13-5-3-12(4-6-13)14(18)9-16-7-1-2-11(8-16)10-17/h1-8,10H,9H2/q+1.